The largest absolute Gasteiger partial charge is 0.491 e. The number of pyridine rings is 1. The highest BCUT2D eigenvalue weighted by atomic mass is 16.5. The molecule has 0 saturated carbocycles. The number of aryl methyl sites for hydroxylation is 2. The summed E-state index contributed by atoms with van der Waals surface area (Å²) >= 11 is 0. The molecule has 0 atom stereocenters. The van der Waals surface area contributed by atoms with Crippen LogP contribution in [-0.4, -0.2) is 38.9 Å². The normalized spacial score (nSPS) is 11.0. The van der Waals surface area contributed by atoms with E-state index in [-0.39, 0.29) is 0 Å². The van der Waals surface area contributed by atoms with E-state index < -0.39 is 0 Å². The average molecular weight is 394 g/mol. The fourth-order valence-corrected chi connectivity index (χ4v) is 3.18. The molecule has 0 spiro atoms. The highest BCUT2D eigenvalue weighted by Crippen LogP contribution is 2.26. The van der Waals surface area contributed by atoms with E-state index in [4.69, 9.17) is 14.0 Å². The Kier molecular flexibility index (Phi) is 5.03. The summed E-state index contributed by atoms with van der Waals surface area (Å²) in [4.78, 5) is 13.7. The number of hydrogen-bond acceptors (Lipinski definition) is 8. The second kappa shape index (κ2) is 7.78. The Morgan fingerprint density at radius 2 is 1.90 bits per heavy atom. The van der Waals surface area contributed by atoms with E-state index in [2.05, 4.69) is 30.0 Å². The Morgan fingerprint density at radius 3 is 2.62 bits per heavy atom. The summed E-state index contributed by atoms with van der Waals surface area (Å²) < 4.78 is 17.8. The van der Waals surface area contributed by atoms with Gasteiger partial charge >= 0.3 is 0 Å². The van der Waals surface area contributed by atoms with Crippen molar-refractivity contribution in [3.05, 3.63) is 53.4 Å². The molecule has 1 N–H and O–H groups in total. The highest BCUT2D eigenvalue weighted by Gasteiger charge is 2.14. The first kappa shape index (κ1) is 18.7. The maximum atomic E-state index is 5.31. The summed E-state index contributed by atoms with van der Waals surface area (Å²) in [5.41, 5.74) is 3.40. The predicted octanol–water partition coefficient (Wildman–Crippen LogP) is 3.11. The number of hydrogen-bond donors (Lipinski definition) is 1. The molecule has 29 heavy (non-hydrogen) atoms. The summed E-state index contributed by atoms with van der Waals surface area (Å²) in [6.07, 6.45) is 1.97. The fourth-order valence-electron chi connectivity index (χ4n) is 3.18. The van der Waals surface area contributed by atoms with Gasteiger partial charge in [-0.3, -0.25) is 0 Å². The van der Waals surface area contributed by atoms with Gasteiger partial charge in [0.2, 0.25) is 0 Å². The lowest BCUT2D eigenvalue weighted by molar-refractivity contribution is 0.341. The topological polar surface area (TPSA) is 100 Å². The number of nitrogens with zero attached hydrogens (tertiary/aromatic N) is 5. The van der Waals surface area contributed by atoms with Gasteiger partial charge in [-0.05, 0) is 32.0 Å². The Hall–Kier alpha value is -3.62. The van der Waals surface area contributed by atoms with Gasteiger partial charge in [0.1, 0.15) is 22.8 Å². The number of ether oxygens (including phenoxy) is 2. The highest BCUT2D eigenvalue weighted by molar-refractivity contribution is 5.86. The van der Waals surface area contributed by atoms with Crippen LogP contribution in [0.2, 0.25) is 0 Å². The number of anilines is 1. The van der Waals surface area contributed by atoms with Crippen molar-refractivity contribution in [1.29, 1.82) is 0 Å². The molecule has 4 rings (SSSR count). The predicted molar refractivity (Wildman–Crippen MR) is 107 cm³/mol. The number of aromatic nitrogens is 5. The van der Waals surface area contributed by atoms with E-state index in [9.17, 15) is 0 Å². The SMILES string of the molecule is COc1ccc(Cn2ccc3nc(C)nc(NCc4cc(C)on4)c32)nc1OC. The van der Waals surface area contributed by atoms with E-state index in [1.54, 1.807) is 14.2 Å². The third-order valence-electron chi connectivity index (χ3n) is 4.46. The van der Waals surface area contributed by atoms with E-state index >= 15 is 0 Å². The van der Waals surface area contributed by atoms with E-state index in [0.717, 1.165) is 34.0 Å². The zero-order valence-corrected chi connectivity index (χ0v) is 16.8. The number of nitrogens with one attached hydrogen (secondary N) is 1. The molecule has 0 amide bonds. The van der Waals surface area contributed by atoms with Gasteiger partial charge in [0, 0.05) is 12.3 Å². The second-order valence-corrected chi connectivity index (χ2v) is 6.59. The molecule has 0 aliphatic heterocycles. The van der Waals surface area contributed by atoms with E-state index in [0.29, 0.717) is 30.5 Å². The zero-order chi connectivity index (χ0) is 20.4. The van der Waals surface area contributed by atoms with Crippen molar-refractivity contribution in [2.75, 3.05) is 19.5 Å². The first-order valence-corrected chi connectivity index (χ1v) is 9.15. The van der Waals surface area contributed by atoms with Gasteiger partial charge < -0.3 is 23.9 Å². The minimum absolute atomic E-state index is 0.452. The monoisotopic (exact) mass is 394 g/mol. The Morgan fingerprint density at radius 1 is 1.03 bits per heavy atom. The summed E-state index contributed by atoms with van der Waals surface area (Å²) in [5.74, 6) is 3.25. The smallest absolute Gasteiger partial charge is 0.257 e. The molecule has 0 fully saturated rings. The minimum atomic E-state index is 0.452. The lowest BCUT2D eigenvalue weighted by Gasteiger charge is -2.12. The van der Waals surface area contributed by atoms with Crippen molar-refractivity contribution in [3.63, 3.8) is 0 Å². The van der Waals surface area contributed by atoms with Crippen molar-refractivity contribution < 1.29 is 14.0 Å². The Labute approximate surface area is 167 Å². The van der Waals surface area contributed by atoms with Crippen molar-refractivity contribution in [3.8, 4) is 11.6 Å². The molecule has 0 aliphatic rings. The van der Waals surface area contributed by atoms with Gasteiger partial charge in [0.25, 0.3) is 5.88 Å². The van der Waals surface area contributed by atoms with Gasteiger partial charge in [0.05, 0.1) is 38.5 Å². The first-order chi connectivity index (χ1) is 14.1. The molecule has 0 saturated heterocycles. The summed E-state index contributed by atoms with van der Waals surface area (Å²) in [6, 6.07) is 7.62. The first-order valence-electron chi connectivity index (χ1n) is 9.15. The minimum Gasteiger partial charge on any atom is -0.491 e. The van der Waals surface area contributed by atoms with Crippen LogP contribution in [0.15, 0.2) is 35.0 Å². The summed E-state index contributed by atoms with van der Waals surface area (Å²) in [6.45, 7) is 4.78. The lowest BCUT2D eigenvalue weighted by Crippen LogP contribution is -2.08. The van der Waals surface area contributed by atoms with Crippen LogP contribution in [0.4, 0.5) is 5.82 Å². The fraction of sp³-hybridized carbons (Fsp3) is 0.300. The Bertz CT molecular complexity index is 1150. The Balaban J connectivity index is 1.66. The van der Waals surface area contributed by atoms with Crippen LogP contribution in [0.3, 0.4) is 0 Å². The number of rotatable bonds is 7. The van der Waals surface area contributed by atoms with Crippen molar-refractivity contribution in [2.24, 2.45) is 0 Å². The molecule has 9 heteroatoms. The van der Waals surface area contributed by atoms with Crippen LogP contribution in [0.25, 0.3) is 11.0 Å². The average Bonchev–Trinajstić information content (AvgIpc) is 3.32. The van der Waals surface area contributed by atoms with Crippen molar-refractivity contribution >= 4 is 16.9 Å². The van der Waals surface area contributed by atoms with Crippen LogP contribution in [0.5, 0.6) is 11.6 Å². The molecular weight excluding hydrogens is 372 g/mol. The van der Waals surface area contributed by atoms with Gasteiger partial charge in [-0.15, -0.1) is 0 Å². The zero-order valence-electron chi connectivity index (χ0n) is 16.8. The van der Waals surface area contributed by atoms with Crippen LogP contribution in [0, 0.1) is 13.8 Å². The second-order valence-electron chi connectivity index (χ2n) is 6.59. The molecule has 0 aromatic carbocycles. The molecule has 4 heterocycles. The van der Waals surface area contributed by atoms with Crippen LogP contribution in [-0.2, 0) is 13.1 Å². The molecule has 0 bridgehead atoms. The molecular formula is C20H22N6O3. The summed E-state index contributed by atoms with van der Waals surface area (Å²) in [5, 5.41) is 7.37. The maximum Gasteiger partial charge on any atom is 0.257 e. The molecule has 0 radical (unpaired) electrons. The number of methoxy groups -OCH3 is 2. The van der Waals surface area contributed by atoms with E-state index in [1.807, 2.05) is 44.3 Å². The molecule has 4 aromatic heterocycles. The van der Waals surface area contributed by atoms with Crippen molar-refractivity contribution in [1.82, 2.24) is 24.7 Å². The van der Waals surface area contributed by atoms with Crippen LogP contribution >= 0.6 is 0 Å². The van der Waals surface area contributed by atoms with Gasteiger partial charge in [-0.2, -0.15) is 0 Å². The molecule has 0 unspecified atom stereocenters. The van der Waals surface area contributed by atoms with Gasteiger partial charge in [-0.25, -0.2) is 15.0 Å². The van der Waals surface area contributed by atoms with Crippen molar-refractivity contribution in [2.45, 2.75) is 26.9 Å². The molecule has 4 aromatic rings. The van der Waals surface area contributed by atoms with Gasteiger partial charge in [-0.1, -0.05) is 5.16 Å². The summed E-state index contributed by atoms with van der Waals surface area (Å²) in [7, 11) is 3.16. The number of fused-ring (bicyclic) bond motifs is 1. The van der Waals surface area contributed by atoms with E-state index in [1.165, 1.54) is 0 Å². The maximum absolute atomic E-state index is 5.31. The van der Waals surface area contributed by atoms with Crippen LogP contribution < -0.4 is 14.8 Å². The quantitative estimate of drug-likeness (QED) is 0.510. The third kappa shape index (κ3) is 3.84. The molecule has 150 valence electrons. The van der Waals surface area contributed by atoms with Crippen LogP contribution in [0.1, 0.15) is 23.0 Å². The lowest BCUT2D eigenvalue weighted by atomic mass is 10.3. The molecule has 9 nitrogen and oxygen atoms in total. The standard InChI is InChI=1S/C20H22N6O3/c1-12-9-15(25-29-12)10-21-19-18-16(22-13(2)23-19)7-8-26(18)11-14-5-6-17(27-3)20(24-14)28-4/h5-9H,10-11H2,1-4H3,(H,21,22,23). The molecule has 0 aliphatic carbocycles. The third-order valence-corrected chi connectivity index (χ3v) is 4.46. The van der Waals surface area contributed by atoms with Gasteiger partial charge in [0.15, 0.2) is 11.6 Å².